The van der Waals surface area contributed by atoms with E-state index in [2.05, 4.69) is 23.4 Å². The molecular formula is C17H24N4S. The van der Waals surface area contributed by atoms with E-state index < -0.39 is 0 Å². The minimum absolute atomic E-state index is 0.458. The molecule has 2 aromatic rings. The van der Waals surface area contributed by atoms with Gasteiger partial charge in [0.05, 0.1) is 11.7 Å². The van der Waals surface area contributed by atoms with Crippen molar-refractivity contribution in [3.05, 3.63) is 22.3 Å². The predicted molar refractivity (Wildman–Crippen MR) is 90.2 cm³/mol. The van der Waals surface area contributed by atoms with Gasteiger partial charge < -0.3 is 9.47 Å². The lowest BCUT2D eigenvalue weighted by Crippen LogP contribution is -2.31. The van der Waals surface area contributed by atoms with Crippen LogP contribution in [0.3, 0.4) is 0 Å². The van der Waals surface area contributed by atoms with Gasteiger partial charge in [-0.2, -0.15) is 0 Å². The third kappa shape index (κ3) is 2.22. The molecule has 2 aromatic heterocycles. The second-order valence-corrected chi connectivity index (χ2v) is 8.08. The Labute approximate surface area is 135 Å². The van der Waals surface area contributed by atoms with Crippen LogP contribution < -0.4 is 5.49 Å². The van der Waals surface area contributed by atoms with E-state index in [4.69, 9.17) is 10.4 Å². The van der Waals surface area contributed by atoms with Gasteiger partial charge in [-0.25, -0.2) is 4.98 Å². The Morgan fingerprint density at radius 1 is 1.32 bits per heavy atom. The first-order valence-electron chi connectivity index (χ1n) is 8.39. The Morgan fingerprint density at radius 3 is 2.95 bits per heavy atom. The molecule has 1 fully saturated rings. The predicted octanol–water partition coefficient (Wildman–Crippen LogP) is 3.32. The topological polar surface area (TPSA) is 44.9 Å². The van der Waals surface area contributed by atoms with Crippen LogP contribution in [0.5, 0.6) is 0 Å². The normalized spacial score (nSPS) is 26.3. The average molecular weight is 316 g/mol. The molecule has 1 saturated carbocycles. The summed E-state index contributed by atoms with van der Waals surface area (Å²) in [5.74, 6) is 0.655. The molecule has 0 radical (unpaired) electrons. The van der Waals surface area contributed by atoms with E-state index in [0.29, 0.717) is 17.4 Å². The van der Waals surface area contributed by atoms with E-state index in [1.807, 2.05) is 6.33 Å². The summed E-state index contributed by atoms with van der Waals surface area (Å²) >= 11 is 1.79. The molecule has 1 aliphatic carbocycles. The third-order valence-corrected chi connectivity index (χ3v) is 6.57. The lowest BCUT2D eigenvalue weighted by atomic mass is 9.85. The molecule has 1 N–H and O–H groups in total. The van der Waals surface area contributed by atoms with Crippen LogP contribution in [0, 0.1) is 11.3 Å². The maximum atomic E-state index is 8.79. The number of rotatable bonds is 1. The monoisotopic (exact) mass is 316 g/mol. The van der Waals surface area contributed by atoms with E-state index in [1.54, 1.807) is 11.3 Å². The lowest BCUT2D eigenvalue weighted by molar-refractivity contribution is 0.249. The van der Waals surface area contributed by atoms with Gasteiger partial charge in [-0.3, -0.25) is 5.41 Å². The van der Waals surface area contributed by atoms with Gasteiger partial charge >= 0.3 is 0 Å². The molecule has 118 valence electrons. The van der Waals surface area contributed by atoms with Crippen LogP contribution in [0.25, 0.3) is 10.2 Å². The molecule has 0 aromatic carbocycles. The Hall–Kier alpha value is -1.20. The number of nitrogens with zero attached hydrogens (tertiary/aromatic N) is 3. The van der Waals surface area contributed by atoms with E-state index in [1.165, 1.54) is 36.1 Å². The molecule has 22 heavy (non-hydrogen) atoms. The van der Waals surface area contributed by atoms with Crippen molar-refractivity contribution in [1.82, 2.24) is 14.5 Å². The molecule has 2 unspecified atom stereocenters. The zero-order chi connectivity index (χ0) is 15.3. The lowest BCUT2D eigenvalue weighted by Gasteiger charge is -2.30. The number of fused-ring (bicyclic) bond motifs is 3. The number of thiophene rings is 1. The first-order valence-corrected chi connectivity index (χ1v) is 9.21. The summed E-state index contributed by atoms with van der Waals surface area (Å²) < 4.78 is 2.16. The third-order valence-electron chi connectivity index (χ3n) is 5.45. The summed E-state index contributed by atoms with van der Waals surface area (Å²) in [7, 11) is 2.17. The fraction of sp³-hybridized carbons (Fsp3) is 0.647. The first-order chi connectivity index (χ1) is 10.6. The highest BCUT2D eigenvalue weighted by atomic mass is 32.1. The van der Waals surface area contributed by atoms with Crippen LogP contribution in [-0.4, -0.2) is 28.0 Å². The van der Waals surface area contributed by atoms with Gasteiger partial charge in [0.25, 0.3) is 0 Å². The summed E-state index contributed by atoms with van der Waals surface area (Å²) in [6.45, 7) is 4.43. The SMILES string of the molecule is CC1CCCCC1n1cnc2sc3c(c2c1=N)CCN(C)C3. The standard InChI is InChI=1S/C17H24N4S/c1-11-5-3-4-6-13(11)21-10-19-17-15(16(21)18)12-7-8-20(2)9-14(12)22-17/h10-11,13,18H,3-9H2,1-2H3. The Bertz CT molecular complexity index is 760. The Kier molecular flexibility index (Phi) is 3.57. The van der Waals surface area contributed by atoms with Crippen LogP contribution in [0.15, 0.2) is 6.33 Å². The van der Waals surface area contributed by atoms with E-state index >= 15 is 0 Å². The van der Waals surface area contributed by atoms with Crippen molar-refractivity contribution in [3.8, 4) is 0 Å². The van der Waals surface area contributed by atoms with Gasteiger partial charge in [0.2, 0.25) is 0 Å². The van der Waals surface area contributed by atoms with Crippen molar-refractivity contribution in [2.24, 2.45) is 5.92 Å². The first kappa shape index (κ1) is 14.4. The maximum absolute atomic E-state index is 8.79. The van der Waals surface area contributed by atoms with Crippen molar-refractivity contribution in [3.63, 3.8) is 0 Å². The number of nitrogens with one attached hydrogen (secondary N) is 1. The summed E-state index contributed by atoms with van der Waals surface area (Å²) in [4.78, 5) is 9.56. The molecule has 3 heterocycles. The van der Waals surface area contributed by atoms with E-state index in [9.17, 15) is 0 Å². The molecule has 4 rings (SSSR count). The van der Waals surface area contributed by atoms with E-state index in [-0.39, 0.29) is 0 Å². The van der Waals surface area contributed by atoms with Gasteiger partial charge in [0.15, 0.2) is 0 Å². The second kappa shape index (κ2) is 5.46. The molecule has 0 bridgehead atoms. The van der Waals surface area contributed by atoms with Crippen molar-refractivity contribution >= 4 is 21.6 Å². The summed E-state index contributed by atoms with van der Waals surface area (Å²) in [6, 6.07) is 0.458. The van der Waals surface area contributed by atoms with Crippen molar-refractivity contribution in [2.45, 2.75) is 51.6 Å². The molecule has 2 aliphatic rings. The summed E-state index contributed by atoms with van der Waals surface area (Å²) in [6.07, 6.45) is 8.08. The van der Waals surface area contributed by atoms with Crippen LogP contribution in [0.2, 0.25) is 0 Å². The van der Waals surface area contributed by atoms with Crippen molar-refractivity contribution in [2.75, 3.05) is 13.6 Å². The fourth-order valence-electron chi connectivity index (χ4n) is 4.11. The molecule has 0 saturated heterocycles. The number of hydrogen-bond acceptors (Lipinski definition) is 4. The van der Waals surface area contributed by atoms with Crippen LogP contribution in [0.1, 0.15) is 49.1 Å². The van der Waals surface area contributed by atoms with Gasteiger partial charge in [0.1, 0.15) is 10.3 Å². The fourth-order valence-corrected chi connectivity index (χ4v) is 5.38. The molecule has 0 amide bonds. The molecule has 5 heteroatoms. The Balaban J connectivity index is 1.85. The number of aromatic nitrogens is 2. The molecule has 4 nitrogen and oxygen atoms in total. The second-order valence-electron chi connectivity index (χ2n) is 7.00. The van der Waals surface area contributed by atoms with E-state index in [0.717, 1.165) is 29.7 Å². The quantitative estimate of drug-likeness (QED) is 0.877. The maximum Gasteiger partial charge on any atom is 0.136 e. The summed E-state index contributed by atoms with van der Waals surface area (Å²) in [5, 5.41) is 9.92. The van der Waals surface area contributed by atoms with Gasteiger partial charge in [-0.1, -0.05) is 19.8 Å². The van der Waals surface area contributed by atoms with Crippen LogP contribution >= 0.6 is 11.3 Å². The van der Waals surface area contributed by atoms with Crippen LogP contribution in [0.4, 0.5) is 0 Å². The highest BCUT2D eigenvalue weighted by molar-refractivity contribution is 7.18. The van der Waals surface area contributed by atoms with Gasteiger partial charge in [0, 0.05) is 24.0 Å². The molecule has 2 atom stereocenters. The molecular weight excluding hydrogens is 292 g/mol. The Morgan fingerprint density at radius 2 is 2.14 bits per heavy atom. The highest BCUT2D eigenvalue weighted by Gasteiger charge is 2.26. The van der Waals surface area contributed by atoms with Crippen LogP contribution in [-0.2, 0) is 13.0 Å². The largest absolute Gasteiger partial charge is 0.314 e. The number of likely N-dealkylation sites (N-methyl/N-ethyl adjacent to an activating group) is 1. The molecule has 1 aliphatic heterocycles. The van der Waals surface area contributed by atoms with Crippen molar-refractivity contribution in [1.29, 1.82) is 5.41 Å². The van der Waals surface area contributed by atoms with Crippen molar-refractivity contribution < 1.29 is 0 Å². The van der Waals surface area contributed by atoms with Gasteiger partial charge in [-0.05, 0) is 37.8 Å². The molecule has 0 spiro atoms. The smallest absolute Gasteiger partial charge is 0.136 e. The van der Waals surface area contributed by atoms with Gasteiger partial charge in [-0.15, -0.1) is 11.3 Å². The minimum atomic E-state index is 0.458. The highest BCUT2D eigenvalue weighted by Crippen LogP contribution is 2.35. The summed E-state index contributed by atoms with van der Waals surface area (Å²) in [5.41, 5.74) is 2.10. The minimum Gasteiger partial charge on any atom is -0.314 e. The average Bonchev–Trinajstić information content (AvgIpc) is 2.87. The number of hydrogen-bond donors (Lipinski definition) is 1. The zero-order valence-electron chi connectivity index (χ0n) is 13.4. The zero-order valence-corrected chi connectivity index (χ0v) is 14.2.